The molecule has 2 aromatic rings. The second-order valence-electron chi connectivity index (χ2n) is 10.4. The van der Waals surface area contributed by atoms with Gasteiger partial charge in [0.15, 0.2) is 0 Å². The molecule has 0 radical (unpaired) electrons. The maximum Gasteiger partial charge on any atom is 0.0801 e. The second kappa shape index (κ2) is 23.7. The number of hydrogen-bond acceptors (Lipinski definition) is 2. The maximum absolute atomic E-state index is 9.02. The molecule has 1 N–H and O–H groups in total. The van der Waals surface area contributed by atoms with E-state index in [4.69, 9.17) is 9.84 Å². The molecule has 0 saturated heterocycles. The number of rotatable bonds is 12. The molecule has 0 amide bonds. The van der Waals surface area contributed by atoms with Crippen LogP contribution in [0.3, 0.4) is 0 Å². The molecule has 0 unspecified atom stereocenters. The number of alkyl halides is 1. The summed E-state index contributed by atoms with van der Waals surface area (Å²) in [6.45, 7) is 17.5. The number of ether oxygens (including phenoxy) is 1. The third-order valence-electron chi connectivity index (χ3n) is 5.94. The summed E-state index contributed by atoms with van der Waals surface area (Å²) in [4.78, 5) is 0. The zero-order chi connectivity index (χ0) is 29.5. The molecule has 0 aliphatic carbocycles. The Balaban J connectivity index is 0.000000611. The van der Waals surface area contributed by atoms with E-state index in [0.29, 0.717) is 6.61 Å². The predicted octanol–water partition coefficient (Wildman–Crippen LogP) is 11.3. The van der Waals surface area contributed by atoms with Crippen LogP contribution >= 0.6 is 15.9 Å². The van der Waals surface area contributed by atoms with Crippen molar-refractivity contribution >= 4 is 15.9 Å². The van der Waals surface area contributed by atoms with Crippen LogP contribution < -0.4 is 0 Å². The van der Waals surface area contributed by atoms with E-state index >= 15 is 0 Å². The van der Waals surface area contributed by atoms with Gasteiger partial charge >= 0.3 is 0 Å². The number of aliphatic hydroxyl groups is 1. The Morgan fingerprint density at radius 1 is 0.692 bits per heavy atom. The maximum atomic E-state index is 9.02. The fourth-order valence-electron chi connectivity index (χ4n) is 3.40. The summed E-state index contributed by atoms with van der Waals surface area (Å²) in [5, 5.41) is 10.0. The largest absolute Gasteiger partial charge is 0.389 e. The van der Waals surface area contributed by atoms with Crippen LogP contribution in [0.1, 0.15) is 104 Å². The van der Waals surface area contributed by atoms with E-state index in [0.717, 1.165) is 23.7 Å². The van der Waals surface area contributed by atoms with Gasteiger partial charge in [-0.15, -0.1) is 0 Å². The fourth-order valence-corrected chi connectivity index (χ4v) is 3.95. The van der Waals surface area contributed by atoms with E-state index in [1.54, 1.807) is 6.92 Å². The average Bonchev–Trinajstić information content (AvgIpc) is 2.90. The minimum Gasteiger partial charge on any atom is -0.389 e. The van der Waals surface area contributed by atoms with Gasteiger partial charge in [0, 0.05) is 5.33 Å². The second-order valence-corrected chi connectivity index (χ2v) is 11.0. The van der Waals surface area contributed by atoms with Crippen LogP contribution in [-0.4, -0.2) is 17.0 Å². The average molecular weight is 598 g/mol. The van der Waals surface area contributed by atoms with Crippen LogP contribution in [0.4, 0.5) is 0 Å². The third kappa shape index (κ3) is 22.3. The van der Waals surface area contributed by atoms with Crippen LogP contribution in [-0.2, 0) is 4.74 Å². The molecule has 216 valence electrons. The molecule has 2 aromatic carbocycles. The molecule has 2 atom stereocenters. The summed E-state index contributed by atoms with van der Waals surface area (Å²) in [7, 11) is 0. The van der Waals surface area contributed by atoms with Crippen LogP contribution in [0.15, 0.2) is 107 Å². The minimum atomic E-state index is -0.341. The lowest BCUT2D eigenvalue weighted by Gasteiger charge is -2.12. The molecule has 0 fully saturated rings. The van der Waals surface area contributed by atoms with Gasteiger partial charge in [-0.3, -0.25) is 0 Å². The van der Waals surface area contributed by atoms with Gasteiger partial charge in [0.25, 0.3) is 0 Å². The van der Waals surface area contributed by atoms with Crippen LogP contribution in [0.5, 0.6) is 0 Å². The van der Waals surface area contributed by atoms with Crippen molar-refractivity contribution in [1.82, 2.24) is 0 Å². The minimum absolute atomic E-state index is 0.156. The molecule has 0 spiro atoms. The number of benzene rings is 2. The van der Waals surface area contributed by atoms with Gasteiger partial charge in [-0.25, -0.2) is 0 Å². The Hall–Kier alpha value is -2.20. The normalized spacial score (nSPS) is 12.7. The Labute approximate surface area is 248 Å². The zero-order valence-corrected chi connectivity index (χ0v) is 27.3. The first kappa shape index (κ1) is 36.8. The summed E-state index contributed by atoms with van der Waals surface area (Å²) < 4.78 is 5.83. The van der Waals surface area contributed by atoms with Crippen LogP contribution in [0, 0.1) is 0 Å². The molecular formula is C36H53BrO2. The van der Waals surface area contributed by atoms with Crippen molar-refractivity contribution < 1.29 is 9.84 Å². The smallest absolute Gasteiger partial charge is 0.0801 e. The molecule has 39 heavy (non-hydrogen) atoms. The summed E-state index contributed by atoms with van der Waals surface area (Å²) >= 11 is 3.38. The van der Waals surface area contributed by atoms with Crippen molar-refractivity contribution in [2.75, 3.05) is 11.9 Å². The Morgan fingerprint density at radius 3 is 1.51 bits per heavy atom. The third-order valence-corrected chi connectivity index (χ3v) is 6.26. The van der Waals surface area contributed by atoms with E-state index in [9.17, 15) is 0 Å². The summed E-state index contributed by atoms with van der Waals surface area (Å²) in [6, 6.07) is 19.9. The first-order valence-corrected chi connectivity index (χ1v) is 15.2. The molecule has 0 aliphatic heterocycles. The molecule has 3 heteroatoms. The lowest BCUT2D eigenvalue weighted by atomic mass is 10.1. The first-order valence-electron chi connectivity index (χ1n) is 14.1. The standard InChI is InChI=1S/C18H26O.C10H17Br.C8H10O/c1-15(2)9-8-10-16(3)13-14-19-17(4)18-11-6-5-7-12-18;1-9(2)5-4-6-10(3)7-8-11;1-7(9)8-5-3-2-4-6-8/h5-7,9,11-13,17H,8,10,14H2,1-4H3;5,7H,4,6,8H2,1-3H3;2-7,9H,1H3/b16-13+;10-7+;/t17-;;7-/m1.1/s1. The predicted molar refractivity (Wildman–Crippen MR) is 177 cm³/mol. The van der Waals surface area contributed by atoms with E-state index in [2.05, 4.69) is 113 Å². The van der Waals surface area contributed by atoms with Gasteiger partial charge in [-0.1, -0.05) is 123 Å². The fraction of sp³-hybridized carbons (Fsp3) is 0.444. The van der Waals surface area contributed by atoms with Crippen LogP contribution in [0.2, 0.25) is 0 Å². The molecular weight excluding hydrogens is 544 g/mol. The zero-order valence-electron chi connectivity index (χ0n) is 25.7. The molecule has 2 nitrogen and oxygen atoms in total. The van der Waals surface area contributed by atoms with Crippen molar-refractivity contribution in [2.24, 2.45) is 0 Å². The molecule has 2 rings (SSSR count). The monoisotopic (exact) mass is 596 g/mol. The molecule has 0 aromatic heterocycles. The topological polar surface area (TPSA) is 29.5 Å². The van der Waals surface area contributed by atoms with Crippen molar-refractivity contribution in [3.8, 4) is 0 Å². The highest BCUT2D eigenvalue weighted by Crippen LogP contribution is 2.16. The number of hydrogen-bond donors (Lipinski definition) is 1. The highest BCUT2D eigenvalue weighted by atomic mass is 79.9. The van der Waals surface area contributed by atoms with E-state index in [1.807, 2.05) is 36.4 Å². The Kier molecular flexibility index (Phi) is 22.3. The van der Waals surface area contributed by atoms with Crippen molar-refractivity contribution in [3.63, 3.8) is 0 Å². The van der Waals surface area contributed by atoms with Gasteiger partial charge in [-0.2, -0.15) is 0 Å². The Morgan fingerprint density at radius 2 is 1.13 bits per heavy atom. The van der Waals surface area contributed by atoms with Gasteiger partial charge in [0.2, 0.25) is 0 Å². The van der Waals surface area contributed by atoms with Crippen molar-refractivity contribution in [2.45, 2.75) is 93.3 Å². The summed E-state index contributed by atoms with van der Waals surface area (Å²) in [6.07, 6.45) is 13.4. The first-order chi connectivity index (χ1) is 18.6. The quantitative estimate of drug-likeness (QED) is 0.195. The summed E-state index contributed by atoms with van der Waals surface area (Å²) in [5.41, 5.74) is 7.88. The van der Waals surface area contributed by atoms with Gasteiger partial charge in [-0.05, 0) is 92.2 Å². The van der Waals surface area contributed by atoms with Gasteiger partial charge in [0.1, 0.15) is 0 Å². The van der Waals surface area contributed by atoms with E-state index < -0.39 is 0 Å². The van der Waals surface area contributed by atoms with E-state index in [-0.39, 0.29) is 12.2 Å². The van der Waals surface area contributed by atoms with Crippen LogP contribution in [0.25, 0.3) is 0 Å². The van der Waals surface area contributed by atoms with Crippen molar-refractivity contribution in [3.05, 3.63) is 118 Å². The molecule has 0 heterocycles. The number of halogens is 1. The number of allylic oxidation sites excluding steroid dienone is 7. The lowest BCUT2D eigenvalue weighted by molar-refractivity contribution is 0.0882. The molecule has 0 aliphatic rings. The highest BCUT2D eigenvalue weighted by molar-refractivity contribution is 9.09. The molecule has 0 saturated carbocycles. The highest BCUT2D eigenvalue weighted by Gasteiger charge is 2.03. The van der Waals surface area contributed by atoms with Gasteiger partial charge in [0.05, 0.1) is 18.8 Å². The lowest BCUT2D eigenvalue weighted by Crippen LogP contribution is -2.00. The van der Waals surface area contributed by atoms with Crippen molar-refractivity contribution in [1.29, 1.82) is 0 Å². The van der Waals surface area contributed by atoms with Gasteiger partial charge < -0.3 is 9.84 Å². The number of aliphatic hydroxyl groups excluding tert-OH is 1. The Bertz CT molecular complexity index is 977. The molecule has 0 bridgehead atoms. The summed E-state index contributed by atoms with van der Waals surface area (Å²) in [5.74, 6) is 0. The van der Waals surface area contributed by atoms with E-state index in [1.165, 1.54) is 40.7 Å². The SMILES string of the molecule is CC(C)=CCC/C(C)=C/CBr.CC(C)=CCC/C(C)=C/CO[C@H](C)c1ccccc1.C[C@@H](O)c1ccccc1.